The highest BCUT2D eigenvalue weighted by atomic mass is 16.6. The minimum atomic E-state index is -0.636. The quantitative estimate of drug-likeness (QED) is 0.193. The van der Waals surface area contributed by atoms with E-state index >= 15 is 0 Å². The molecule has 196 valence electrons. The third kappa shape index (κ3) is 8.04. The number of hydrogen-bond donors (Lipinski definition) is 0. The van der Waals surface area contributed by atoms with Crippen molar-refractivity contribution in [3.05, 3.63) is 144 Å². The van der Waals surface area contributed by atoms with E-state index in [-0.39, 0.29) is 6.10 Å². The van der Waals surface area contributed by atoms with Gasteiger partial charge in [0.25, 0.3) is 0 Å². The maximum atomic E-state index is 11.4. The first-order chi connectivity index (χ1) is 19.0. The second kappa shape index (κ2) is 13.6. The van der Waals surface area contributed by atoms with E-state index in [0.29, 0.717) is 11.3 Å². The first-order valence-electron chi connectivity index (χ1n) is 12.7. The van der Waals surface area contributed by atoms with Crippen LogP contribution < -0.4 is 9.47 Å². The summed E-state index contributed by atoms with van der Waals surface area (Å²) < 4.78 is 16.5. The van der Waals surface area contributed by atoms with E-state index in [9.17, 15) is 9.59 Å². The fraction of sp³-hybridized carbons (Fsp3) is 0.118. The van der Waals surface area contributed by atoms with E-state index in [4.69, 9.17) is 14.2 Å². The molecule has 39 heavy (non-hydrogen) atoms. The van der Waals surface area contributed by atoms with Gasteiger partial charge in [-0.1, -0.05) is 109 Å². The minimum absolute atomic E-state index is 0.0381. The van der Waals surface area contributed by atoms with Crippen molar-refractivity contribution in [1.29, 1.82) is 0 Å². The molecule has 2 unspecified atom stereocenters. The molecule has 4 aromatic rings. The van der Waals surface area contributed by atoms with Gasteiger partial charge in [-0.15, -0.1) is 0 Å². The van der Waals surface area contributed by atoms with Crippen molar-refractivity contribution in [2.75, 3.05) is 0 Å². The Morgan fingerprint density at radius 3 is 2.13 bits per heavy atom. The van der Waals surface area contributed by atoms with E-state index in [1.165, 1.54) is 19.4 Å². The molecule has 4 aromatic carbocycles. The summed E-state index contributed by atoms with van der Waals surface area (Å²) in [6.45, 7) is 2.68. The summed E-state index contributed by atoms with van der Waals surface area (Å²) in [5.41, 5.74) is 3.93. The van der Waals surface area contributed by atoms with Crippen LogP contribution in [0.25, 0.3) is 12.2 Å². The summed E-state index contributed by atoms with van der Waals surface area (Å²) in [5, 5.41) is 0. The molecule has 0 aliphatic carbocycles. The highest BCUT2D eigenvalue weighted by Crippen LogP contribution is 2.32. The summed E-state index contributed by atoms with van der Waals surface area (Å²) in [5.74, 6) is 0.499. The van der Waals surface area contributed by atoms with Gasteiger partial charge in [0.2, 0.25) is 0 Å². The number of para-hydroxylation sites is 2. The lowest BCUT2D eigenvalue weighted by atomic mass is 10.0. The third-order valence-corrected chi connectivity index (χ3v) is 5.79. The van der Waals surface area contributed by atoms with Crippen LogP contribution in [0.15, 0.2) is 121 Å². The Balaban J connectivity index is 0.000000192. The summed E-state index contributed by atoms with van der Waals surface area (Å²) in [4.78, 5) is 22.6. The van der Waals surface area contributed by atoms with Crippen LogP contribution in [0.5, 0.6) is 11.5 Å². The SMILES string of the molecule is C1=CC(c2ccccc2)Oc2ccccc21.CC(=O)Oc1ccccc1C(/C=C/c1ccccc1)OC(C)=O. The van der Waals surface area contributed by atoms with Crippen LogP contribution in [0.3, 0.4) is 0 Å². The number of esters is 2. The Bertz CT molecular complexity index is 1440. The van der Waals surface area contributed by atoms with Crippen LogP contribution in [-0.2, 0) is 14.3 Å². The smallest absolute Gasteiger partial charge is 0.308 e. The fourth-order valence-corrected chi connectivity index (χ4v) is 4.03. The zero-order valence-corrected chi connectivity index (χ0v) is 21.9. The molecular weight excluding hydrogens is 488 g/mol. The van der Waals surface area contributed by atoms with E-state index in [0.717, 1.165) is 16.9 Å². The average Bonchev–Trinajstić information content (AvgIpc) is 2.96. The molecular formula is C34H30O5. The molecule has 0 saturated carbocycles. The van der Waals surface area contributed by atoms with Crippen LogP contribution >= 0.6 is 0 Å². The number of rotatable bonds is 6. The van der Waals surface area contributed by atoms with Crippen LogP contribution in [0, 0.1) is 0 Å². The van der Waals surface area contributed by atoms with Gasteiger partial charge in [0.05, 0.1) is 0 Å². The molecule has 0 spiro atoms. The minimum Gasteiger partial charge on any atom is -0.481 e. The van der Waals surface area contributed by atoms with Crippen molar-refractivity contribution in [1.82, 2.24) is 0 Å². The van der Waals surface area contributed by atoms with Gasteiger partial charge in [-0.25, -0.2) is 0 Å². The molecule has 0 N–H and O–H groups in total. The van der Waals surface area contributed by atoms with Gasteiger partial charge in [0.1, 0.15) is 23.7 Å². The van der Waals surface area contributed by atoms with Crippen molar-refractivity contribution < 1.29 is 23.8 Å². The monoisotopic (exact) mass is 518 g/mol. The molecule has 0 amide bonds. The van der Waals surface area contributed by atoms with Crippen LogP contribution in [0.1, 0.15) is 48.3 Å². The zero-order chi connectivity index (χ0) is 27.5. The zero-order valence-electron chi connectivity index (χ0n) is 21.9. The predicted molar refractivity (Wildman–Crippen MR) is 153 cm³/mol. The molecule has 0 saturated heterocycles. The number of ether oxygens (including phenoxy) is 3. The van der Waals surface area contributed by atoms with Gasteiger partial charge in [-0.3, -0.25) is 9.59 Å². The van der Waals surface area contributed by atoms with Crippen molar-refractivity contribution in [2.45, 2.75) is 26.1 Å². The van der Waals surface area contributed by atoms with Gasteiger partial charge < -0.3 is 14.2 Å². The van der Waals surface area contributed by atoms with Crippen molar-refractivity contribution in [3.8, 4) is 11.5 Å². The number of hydrogen-bond acceptors (Lipinski definition) is 5. The lowest BCUT2D eigenvalue weighted by Crippen LogP contribution is -2.10. The largest absolute Gasteiger partial charge is 0.481 e. The molecule has 1 heterocycles. The topological polar surface area (TPSA) is 61.8 Å². The standard InChI is InChI=1S/C19H18O4.C15H12O/c1-14(20)22-18-11-7-6-10-17(18)19(23-15(2)21)13-12-16-8-4-3-5-9-16;1-2-6-12(7-3-1)15-11-10-13-8-4-5-9-14(13)16-15/h3-13,19H,1-2H3;1-11,15H/b13-12+;. The number of carbonyl (C=O) groups excluding carboxylic acids is 2. The van der Waals surface area contributed by atoms with Crippen LogP contribution in [0.2, 0.25) is 0 Å². The normalized spacial score (nSPS) is 14.3. The van der Waals surface area contributed by atoms with Gasteiger partial charge in [-0.2, -0.15) is 0 Å². The molecule has 1 aliphatic rings. The lowest BCUT2D eigenvalue weighted by Gasteiger charge is -2.21. The van der Waals surface area contributed by atoms with Gasteiger partial charge >= 0.3 is 11.9 Å². The molecule has 2 atom stereocenters. The van der Waals surface area contributed by atoms with Gasteiger partial charge in [0.15, 0.2) is 0 Å². The first-order valence-corrected chi connectivity index (χ1v) is 12.7. The third-order valence-electron chi connectivity index (χ3n) is 5.79. The Hall–Kier alpha value is -4.90. The fourth-order valence-electron chi connectivity index (χ4n) is 4.03. The van der Waals surface area contributed by atoms with E-state index < -0.39 is 18.0 Å². The van der Waals surface area contributed by atoms with Gasteiger partial charge in [-0.05, 0) is 35.4 Å². The van der Waals surface area contributed by atoms with Gasteiger partial charge in [0, 0.05) is 25.0 Å². The van der Waals surface area contributed by atoms with Crippen molar-refractivity contribution in [3.63, 3.8) is 0 Å². The Kier molecular flexibility index (Phi) is 9.46. The summed E-state index contributed by atoms with van der Waals surface area (Å²) >= 11 is 0. The van der Waals surface area contributed by atoms with Crippen LogP contribution in [-0.4, -0.2) is 11.9 Å². The number of benzene rings is 4. The highest BCUT2D eigenvalue weighted by molar-refractivity contribution is 5.70. The summed E-state index contributed by atoms with van der Waals surface area (Å²) in [6, 6.07) is 35.0. The Morgan fingerprint density at radius 2 is 1.41 bits per heavy atom. The van der Waals surface area contributed by atoms with E-state index in [1.807, 2.05) is 72.8 Å². The van der Waals surface area contributed by atoms with Crippen molar-refractivity contribution in [2.24, 2.45) is 0 Å². The molecule has 5 rings (SSSR count). The average molecular weight is 519 g/mol. The lowest BCUT2D eigenvalue weighted by molar-refractivity contribution is -0.144. The van der Waals surface area contributed by atoms with Crippen LogP contribution in [0.4, 0.5) is 0 Å². The second-order valence-corrected chi connectivity index (χ2v) is 8.78. The Labute approximate surface area is 229 Å². The highest BCUT2D eigenvalue weighted by Gasteiger charge is 2.18. The molecule has 0 fully saturated rings. The molecule has 1 aliphatic heterocycles. The first kappa shape index (κ1) is 27.1. The summed E-state index contributed by atoms with van der Waals surface area (Å²) in [7, 11) is 0. The molecule has 0 radical (unpaired) electrons. The molecule has 5 heteroatoms. The summed E-state index contributed by atoms with van der Waals surface area (Å²) in [6.07, 6.45) is 7.24. The van der Waals surface area contributed by atoms with Crippen molar-refractivity contribution >= 4 is 24.1 Å². The number of fused-ring (bicyclic) bond motifs is 1. The predicted octanol–water partition coefficient (Wildman–Crippen LogP) is 7.76. The number of carbonyl (C=O) groups is 2. The van der Waals surface area contributed by atoms with E-state index in [2.05, 4.69) is 30.4 Å². The Morgan fingerprint density at radius 1 is 0.769 bits per heavy atom. The molecule has 0 bridgehead atoms. The van der Waals surface area contributed by atoms with E-state index in [1.54, 1.807) is 30.3 Å². The maximum absolute atomic E-state index is 11.4. The molecule has 0 aromatic heterocycles. The maximum Gasteiger partial charge on any atom is 0.308 e. The molecule has 5 nitrogen and oxygen atoms in total. The second-order valence-electron chi connectivity index (χ2n) is 8.78.